The fourth-order valence-corrected chi connectivity index (χ4v) is 3.65. The Kier molecular flexibility index (Phi) is 2.54. The van der Waals surface area contributed by atoms with E-state index < -0.39 is 0 Å². The molecule has 3 heteroatoms. The first-order valence-electron chi connectivity index (χ1n) is 5.21. The third-order valence-electron chi connectivity index (χ3n) is 3.11. The quantitative estimate of drug-likeness (QED) is 0.812. The van der Waals surface area contributed by atoms with Gasteiger partial charge in [-0.15, -0.1) is 11.3 Å². The molecule has 0 saturated heterocycles. The SMILES string of the molecule is CCc1c(N)sc2c1C(N(C)C)CC2. The van der Waals surface area contributed by atoms with Gasteiger partial charge in [0.1, 0.15) is 0 Å². The Morgan fingerprint density at radius 3 is 2.79 bits per heavy atom. The van der Waals surface area contributed by atoms with Crippen molar-refractivity contribution in [1.82, 2.24) is 4.90 Å². The number of aryl methyl sites for hydroxylation is 1. The van der Waals surface area contributed by atoms with Gasteiger partial charge in [-0.3, -0.25) is 0 Å². The van der Waals surface area contributed by atoms with E-state index in [1.807, 2.05) is 0 Å². The molecule has 14 heavy (non-hydrogen) atoms. The number of nitrogens with two attached hydrogens (primary N) is 1. The Bertz CT molecular complexity index is 341. The first kappa shape index (κ1) is 9.99. The van der Waals surface area contributed by atoms with Gasteiger partial charge in [0.2, 0.25) is 0 Å². The van der Waals surface area contributed by atoms with Gasteiger partial charge in [-0.1, -0.05) is 6.92 Å². The highest BCUT2D eigenvalue weighted by Crippen LogP contribution is 2.44. The third-order valence-corrected chi connectivity index (χ3v) is 4.25. The maximum Gasteiger partial charge on any atom is 0.0895 e. The number of rotatable bonds is 2. The number of nitrogens with zero attached hydrogens (tertiary/aromatic N) is 1. The first-order valence-corrected chi connectivity index (χ1v) is 6.03. The van der Waals surface area contributed by atoms with Crippen molar-refractivity contribution >= 4 is 16.3 Å². The van der Waals surface area contributed by atoms with Gasteiger partial charge in [0, 0.05) is 10.9 Å². The van der Waals surface area contributed by atoms with Crippen molar-refractivity contribution in [3.63, 3.8) is 0 Å². The van der Waals surface area contributed by atoms with Gasteiger partial charge in [-0.25, -0.2) is 0 Å². The van der Waals surface area contributed by atoms with Crippen LogP contribution < -0.4 is 5.73 Å². The van der Waals surface area contributed by atoms with Gasteiger partial charge in [0.25, 0.3) is 0 Å². The molecule has 0 aliphatic heterocycles. The average Bonchev–Trinajstić information content (AvgIpc) is 2.61. The number of anilines is 1. The van der Waals surface area contributed by atoms with E-state index in [1.165, 1.54) is 23.3 Å². The molecule has 1 unspecified atom stereocenters. The minimum Gasteiger partial charge on any atom is -0.390 e. The second-order valence-corrected chi connectivity index (χ2v) is 5.29. The van der Waals surface area contributed by atoms with E-state index in [1.54, 1.807) is 16.9 Å². The summed E-state index contributed by atoms with van der Waals surface area (Å²) in [5.74, 6) is 0. The van der Waals surface area contributed by atoms with E-state index in [0.717, 1.165) is 11.4 Å². The Balaban J connectivity index is 2.45. The topological polar surface area (TPSA) is 29.3 Å². The molecule has 0 bridgehead atoms. The molecule has 1 aliphatic rings. The van der Waals surface area contributed by atoms with Crippen molar-refractivity contribution in [3.8, 4) is 0 Å². The normalized spacial score (nSPS) is 20.4. The molecule has 1 atom stereocenters. The van der Waals surface area contributed by atoms with Crippen LogP contribution in [0.4, 0.5) is 5.00 Å². The minimum atomic E-state index is 0.605. The molecule has 1 aliphatic carbocycles. The molecule has 0 aromatic carbocycles. The molecule has 1 aromatic heterocycles. The van der Waals surface area contributed by atoms with Crippen molar-refractivity contribution in [2.45, 2.75) is 32.2 Å². The molecule has 0 fully saturated rings. The Labute approximate surface area is 89.7 Å². The second-order valence-electron chi connectivity index (χ2n) is 4.15. The van der Waals surface area contributed by atoms with Crippen LogP contribution >= 0.6 is 11.3 Å². The molecule has 78 valence electrons. The smallest absolute Gasteiger partial charge is 0.0895 e. The van der Waals surface area contributed by atoms with Crippen molar-refractivity contribution in [1.29, 1.82) is 0 Å². The molecule has 2 rings (SSSR count). The summed E-state index contributed by atoms with van der Waals surface area (Å²) in [6.45, 7) is 2.20. The van der Waals surface area contributed by atoms with E-state index in [-0.39, 0.29) is 0 Å². The molecule has 2 N–H and O–H groups in total. The number of fused-ring (bicyclic) bond motifs is 1. The van der Waals surface area contributed by atoms with Crippen LogP contribution in [-0.4, -0.2) is 19.0 Å². The standard InChI is InChI=1S/C11H18N2S/c1-4-7-10-8(13(2)3)5-6-9(10)14-11(7)12/h8H,4-6,12H2,1-3H3. The molecule has 1 heterocycles. The summed E-state index contributed by atoms with van der Waals surface area (Å²) in [5, 5.41) is 1.05. The van der Waals surface area contributed by atoms with Gasteiger partial charge >= 0.3 is 0 Å². The fraction of sp³-hybridized carbons (Fsp3) is 0.636. The maximum absolute atomic E-state index is 6.02. The summed E-state index contributed by atoms with van der Waals surface area (Å²) in [5.41, 5.74) is 8.97. The summed E-state index contributed by atoms with van der Waals surface area (Å²) in [6, 6.07) is 0.605. The van der Waals surface area contributed by atoms with Crippen LogP contribution in [0.25, 0.3) is 0 Å². The van der Waals surface area contributed by atoms with Crippen LogP contribution in [0.3, 0.4) is 0 Å². The summed E-state index contributed by atoms with van der Waals surface area (Å²) < 4.78 is 0. The summed E-state index contributed by atoms with van der Waals surface area (Å²) in [4.78, 5) is 3.84. The van der Waals surface area contributed by atoms with Gasteiger partial charge in [0.15, 0.2) is 0 Å². The highest BCUT2D eigenvalue weighted by atomic mass is 32.1. The molecule has 0 radical (unpaired) electrons. The van der Waals surface area contributed by atoms with E-state index in [9.17, 15) is 0 Å². The van der Waals surface area contributed by atoms with E-state index in [4.69, 9.17) is 5.73 Å². The maximum atomic E-state index is 6.02. The van der Waals surface area contributed by atoms with E-state index >= 15 is 0 Å². The zero-order valence-electron chi connectivity index (χ0n) is 9.13. The molecule has 0 spiro atoms. The first-order chi connectivity index (χ1) is 6.65. The van der Waals surface area contributed by atoms with Crippen molar-refractivity contribution in [2.75, 3.05) is 19.8 Å². The van der Waals surface area contributed by atoms with Gasteiger partial charge in [-0.05, 0) is 44.5 Å². The molecule has 0 saturated carbocycles. The van der Waals surface area contributed by atoms with Crippen LogP contribution in [0.5, 0.6) is 0 Å². The summed E-state index contributed by atoms with van der Waals surface area (Å²) >= 11 is 1.80. The molecule has 2 nitrogen and oxygen atoms in total. The lowest BCUT2D eigenvalue weighted by atomic mass is 10.0. The second kappa shape index (κ2) is 3.55. The zero-order chi connectivity index (χ0) is 10.3. The summed E-state index contributed by atoms with van der Waals surface area (Å²) in [7, 11) is 4.32. The monoisotopic (exact) mass is 210 g/mol. The van der Waals surface area contributed by atoms with Crippen LogP contribution in [0.15, 0.2) is 0 Å². The van der Waals surface area contributed by atoms with E-state index in [0.29, 0.717) is 6.04 Å². The average molecular weight is 210 g/mol. The minimum absolute atomic E-state index is 0.605. The van der Waals surface area contributed by atoms with E-state index in [2.05, 4.69) is 25.9 Å². The lowest BCUT2D eigenvalue weighted by Gasteiger charge is -2.20. The number of nitrogen functional groups attached to an aromatic ring is 1. The number of hydrogen-bond donors (Lipinski definition) is 1. The number of hydrogen-bond acceptors (Lipinski definition) is 3. The fourth-order valence-electron chi connectivity index (χ4n) is 2.42. The van der Waals surface area contributed by atoms with Crippen molar-refractivity contribution in [3.05, 3.63) is 16.0 Å². The third kappa shape index (κ3) is 1.35. The van der Waals surface area contributed by atoms with Crippen LogP contribution in [0.1, 0.15) is 35.4 Å². The molecular formula is C11H18N2S. The predicted octanol–water partition coefficient (Wildman–Crippen LogP) is 2.44. The van der Waals surface area contributed by atoms with Crippen molar-refractivity contribution < 1.29 is 0 Å². The molecular weight excluding hydrogens is 192 g/mol. The molecule has 0 amide bonds. The largest absolute Gasteiger partial charge is 0.390 e. The van der Waals surface area contributed by atoms with Crippen LogP contribution in [0, 0.1) is 0 Å². The highest BCUT2D eigenvalue weighted by molar-refractivity contribution is 7.16. The zero-order valence-corrected chi connectivity index (χ0v) is 9.95. The van der Waals surface area contributed by atoms with Crippen molar-refractivity contribution in [2.24, 2.45) is 0 Å². The molecule has 1 aromatic rings. The number of thiophene rings is 1. The van der Waals surface area contributed by atoms with Gasteiger partial charge < -0.3 is 10.6 Å². The highest BCUT2D eigenvalue weighted by Gasteiger charge is 2.29. The lowest BCUT2D eigenvalue weighted by Crippen LogP contribution is -2.18. The predicted molar refractivity (Wildman–Crippen MR) is 62.9 cm³/mol. The van der Waals surface area contributed by atoms with Gasteiger partial charge in [0.05, 0.1) is 5.00 Å². The summed E-state index contributed by atoms with van der Waals surface area (Å²) in [6.07, 6.45) is 3.55. The van der Waals surface area contributed by atoms with Crippen LogP contribution in [0.2, 0.25) is 0 Å². The van der Waals surface area contributed by atoms with Crippen LogP contribution in [-0.2, 0) is 12.8 Å². The van der Waals surface area contributed by atoms with Gasteiger partial charge in [-0.2, -0.15) is 0 Å². The Morgan fingerprint density at radius 2 is 2.21 bits per heavy atom. The Morgan fingerprint density at radius 1 is 1.50 bits per heavy atom. The Hall–Kier alpha value is -0.540. The lowest BCUT2D eigenvalue weighted by molar-refractivity contribution is 0.298.